The summed E-state index contributed by atoms with van der Waals surface area (Å²) >= 11 is 0. The molecule has 3 amide bonds. The molecule has 0 bridgehead atoms. The molecular formula is C28H34N4O4. The van der Waals surface area contributed by atoms with Crippen LogP contribution in [0.15, 0.2) is 42.5 Å². The predicted octanol–water partition coefficient (Wildman–Crippen LogP) is 4.33. The zero-order chi connectivity index (χ0) is 25.8. The number of carbonyl (C=O) groups is 2. The van der Waals surface area contributed by atoms with Crippen molar-refractivity contribution in [1.29, 1.82) is 0 Å². The number of carbonyl (C=O) groups excluding carboxylic acids is 2. The largest absolute Gasteiger partial charge is 0.508 e. The first-order valence-corrected chi connectivity index (χ1v) is 12.4. The number of urea groups is 1. The van der Waals surface area contributed by atoms with Crippen LogP contribution in [0.5, 0.6) is 11.5 Å². The molecule has 3 heterocycles. The van der Waals surface area contributed by atoms with Crippen molar-refractivity contribution in [3.8, 4) is 11.5 Å². The lowest BCUT2D eigenvalue weighted by Gasteiger charge is -2.42. The number of ether oxygens (including phenoxy) is 1. The number of rotatable bonds is 6. The molecule has 2 unspecified atom stereocenters. The maximum Gasteiger partial charge on any atom is 0.328 e. The van der Waals surface area contributed by atoms with E-state index in [1.54, 1.807) is 30.2 Å². The van der Waals surface area contributed by atoms with Crippen molar-refractivity contribution in [3.05, 3.63) is 59.3 Å². The fourth-order valence-corrected chi connectivity index (χ4v) is 5.56. The molecule has 5 rings (SSSR count). The van der Waals surface area contributed by atoms with Gasteiger partial charge in [0.1, 0.15) is 23.1 Å². The number of aromatic hydroxyl groups is 1. The number of H-pyrrole nitrogens is 1. The highest BCUT2D eigenvalue weighted by atomic mass is 16.5. The van der Waals surface area contributed by atoms with Gasteiger partial charge in [0.05, 0.1) is 7.11 Å². The van der Waals surface area contributed by atoms with Crippen LogP contribution in [0.3, 0.4) is 0 Å². The molecule has 3 aromatic rings. The Morgan fingerprint density at radius 3 is 2.67 bits per heavy atom. The topological polar surface area (TPSA) is 97.9 Å². The second-order valence-corrected chi connectivity index (χ2v) is 11.0. The van der Waals surface area contributed by atoms with E-state index >= 15 is 0 Å². The van der Waals surface area contributed by atoms with E-state index in [0.717, 1.165) is 33.5 Å². The summed E-state index contributed by atoms with van der Waals surface area (Å²) in [6, 6.07) is 11.9. The Hall–Kier alpha value is -3.52. The number of amides is 3. The average Bonchev–Trinajstić information content (AvgIpc) is 3.26. The molecule has 1 fully saturated rings. The van der Waals surface area contributed by atoms with Gasteiger partial charge in [-0.1, -0.05) is 12.1 Å². The summed E-state index contributed by atoms with van der Waals surface area (Å²) in [4.78, 5) is 34.3. The number of imide groups is 1. The number of hydrogen-bond acceptors (Lipinski definition) is 5. The number of nitrogens with zero attached hydrogens (tertiary/aromatic N) is 2. The number of aromatic amines is 1. The summed E-state index contributed by atoms with van der Waals surface area (Å²) in [5.74, 6) is 0.658. The minimum absolute atomic E-state index is 0.0340. The number of fused-ring (bicyclic) bond motifs is 4. The second kappa shape index (κ2) is 8.55. The normalized spacial score (nSPS) is 21.8. The molecule has 1 aromatic heterocycles. The van der Waals surface area contributed by atoms with Crippen molar-refractivity contribution in [2.75, 3.05) is 20.2 Å². The van der Waals surface area contributed by atoms with Gasteiger partial charge in [0.25, 0.3) is 5.91 Å². The Bertz CT molecular complexity index is 1340. The first-order valence-electron chi connectivity index (χ1n) is 12.4. The van der Waals surface area contributed by atoms with Crippen LogP contribution in [0.2, 0.25) is 0 Å². The Balaban J connectivity index is 1.59. The van der Waals surface area contributed by atoms with Gasteiger partial charge < -0.3 is 20.1 Å². The Kier molecular flexibility index (Phi) is 5.75. The van der Waals surface area contributed by atoms with Gasteiger partial charge in [-0.3, -0.25) is 14.6 Å². The van der Waals surface area contributed by atoms with Gasteiger partial charge in [0, 0.05) is 35.1 Å². The quantitative estimate of drug-likeness (QED) is 0.353. The van der Waals surface area contributed by atoms with Crippen LogP contribution in [0.25, 0.3) is 10.9 Å². The number of nitrogens with one attached hydrogen (secondary N) is 2. The lowest BCUT2D eigenvalue weighted by molar-refractivity contribution is -0.133. The first-order chi connectivity index (χ1) is 17.0. The van der Waals surface area contributed by atoms with Crippen LogP contribution in [0, 0.1) is 0 Å². The lowest BCUT2D eigenvalue weighted by atomic mass is 9.81. The van der Waals surface area contributed by atoms with Crippen LogP contribution in [-0.2, 0) is 11.2 Å². The minimum Gasteiger partial charge on any atom is -0.508 e. The summed E-state index contributed by atoms with van der Waals surface area (Å²) < 4.78 is 5.46. The number of hydrogen-bond donors (Lipinski definition) is 3. The molecule has 8 heteroatoms. The van der Waals surface area contributed by atoms with Crippen molar-refractivity contribution >= 4 is 22.8 Å². The fraction of sp³-hybridized carbons (Fsp3) is 0.429. The molecule has 0 aliphatic carbocycles. The number of phenolic OH excluding ortho intramolecular Hbond substituents is 1. The number of benzene rings is 2. The van der Waals surface area contributed by atoms with Crippen molar-refractivity contribution in [2.45, 2.75) is 57.7 Å². The summed E-state index contributed by atoms with van der Waals surface area (Å²) in [6.07, 6.45) is 1.06. The smallest absolute Gasteiger partial charge is 0.328 e. The standard InChI is InChI=1S/C28H34N4O4/c1-27(2,3)29-12-7-13-31-25(34)28(4)16-21-20-15-19(36-5)10-11-22(20)30-23(21)24(32(28)26(31)35)17-8-6-9-18(33)14-17/h6,8-11,14-15,24,29-30,33H,7,12-13,16H2,1-5H3. The molecule has 36 heavy (non-hydrogen) atoms. The average molecular weight is 491 g/mol. The van der Waals surface area contributed by atoms with E-state index < -0.39 is 11.6 Å². The van der Waals surface area contributed by atoms with Gasteiger partial charge in [0.2, 0.25) is 0 Å². The third kappa shape index (κ3) is 3.89. The van der Waals surface area contributed by atoms with E-state index in [2.05, 4.69) is 31.1 Å². The molecule has 2 aliphatic rings. The lowest BCUT2D eigenvalue weighted by Crippen LogP contribution is -2.53. The first kappa shape index (κ1) is 24.2. The third-order valence-electron chi connectivity index (χ3n) is 7.27. The van der Waals surface area contributed by atoms with Crippen molar-refractivity contribution < 1.29 is 19.4 Å². The van der Waals surface area contributed by atoms with Crippen LogP contribution < -0.4 is 10.1 Å². The highest BCUT2D eigenvalue weighted by Crippen LogP contribution is 2.49. The highest BCUT2D eigenvalue weighted by Gasteiger charge is 2.60. The SMILES string of the molecule is COc1ccc2[nH]c3c(c2c1)CC1(C)C(=O)N(CCCNC(C)(C)C)C(=O)N1C3c1cccc(O)c1. The predicted molar refractivity (Wildman–Crippen MR) is 138 cm³/mol. The van der Waals surface area contributed by atoms with Crippen LogP contribution in [-0.4, -0.2) is 63.1 Å². The molecular weight excluding hydrogens is 456 g/mol. The van der Waals surface area contributed by atoms with Crippen LogP contribution in [0.4, 0.5) is 4.79 Å². The van der Waals surface area contributed by atoms with Gasteiger partial charge in [-0.05, 0) is 82.1 Å². The molecule has 8 nitrogen and oxygen atoms in total. The molecule has 3 N–H and O–H groups in total. The second-order valence-electron chi connectivity index (χ2n) is 11.0. The zero-order valence-corrected chi connectivity index (χ0v) is 21.5. The van der Waals surface area contributed by atoms with E-state index in [9.17, 15) is 14.7 Å². The van der Waals surface area contributed by atoms with Gasteiger partial charge in [-0.15, -0.1) is 0 Å². The van der Waals surface area contributed by atoms with Crippen molar-refractivity contribution in [1.82, 2.24) is 20.1 Å². The Morgan fingerprint density at radius 2 is 1.97 bits per heavy atom. The monoisotopic (exact) mass is 490 g/mol. The summed E-state index contributed by atoms with van der Waals surface area (Å²) in [6.45, 7) is 9.19. The molecule has 190 valence electrons. The van der Waals surface area contributed by atoms with Crippen LogP contribution in [0.1, 0.15) is 57.0 Å². The van der Waals surface area contributed by atoms with Crippen molar-refractivity contribution in [2.24, 2.45) is 0 Å². The third-order valence-corrected chi connectivity index (χ3v) is 7.27. The number of methoxy groups -OCH3 is 1. The van der Waals surface area contributed by atoms with E-state index in [0.29, 0.717) is 25.9 Å². The van der Waals surface area contributed by atoms with E-state index in [1.165, 1.54) is 4.90 Å². The van der Waals surface area contributed by atoms with Gasteiger partial charge >= 0.3 is 6.03 Å². The Labute approximate surface area is 211 Å². The highest BCUT2D eigenvalue weighted by molar-refractivity contribution is 6.08. The van der Waals surface area contributed by atoms with E-state index in [-0.39, 0.29) is 23.2 Å². The maximum atomic E-state index is 13.9. The van der Waals surface area contributed by atoms with Gasteiger partial charge in [-0.25, -0.2) is 4.79 Å². The maximum absolute atomic E-state index is 13.9. The van der Waals surface area contributed by atoms with E-state index in [4.69, 9.17) is 4.74 Å². The number of aromatic nitrogens is 1. The zero-order valence-electron chi connectivity index (χ0n) is 21.5. The fourth-order valence-electron chi connectivity index (χ4n) is 5.56. The Morgan fingerprint density at radius 1 is 1.19 bits per heavy atom. The molecule has 2 atom stereocenters. The molecule has 0 spiro atoms. The molecule has 0 radical (unpaired) electrons. The van der Waals surface area contributed by atoms with E-state index in [1.807, 2.05) is 31.2 Å². The minimum atomic E-state index is -1.05. The summed E-state index contributed by atoms with van der Waals surface area (Å²) in [5.41, 5.74) is 2.44. The van der Waals surface area contributed by atoms with Crippen LogP contribution >= 0.6 is 0 Å². The number of phenols is 1. The molecule has 1 saturated heterocycles. The molecule has 2 aromatic carbocycles. The van der Waals surface area contributed by atoms with Gasteiger partial charge in [-0.2, -0.15) is 0 Å². The molecule has 0 saturated carbocycles. The van der Waals surface area contributed by atoms with Crippen molar-refractivity contribution in [3.63, 3.8) is 0 Å². The summed E-state index contributed by atoms with van der Waals surface area (Å²) in [7, 11) is 1.63. The summed E-state index contributed by atoms with van der Waals surface area (Å²) in [5, 5.41) is 14.7. The van der Waals surface area contributed by atoms with Gasteiger partial charge in [0.15, 0.2) is 0 Å². The molecule has 2 aliphatic heterocycles.